The molecule has 3 heterocycles. The van der Waals surface area contributed by atoms with Crippen LogP contribution >= 0.6 is 0 Å². The van der Waals surface area contributed by atoms with Gasteiger partial charge in [0.2, 0.25) is 0 Å². The van der Waals surface area contributed by atoms with Gasteiger partial charge in [0.1, 0.15) is 5.82 Å². The Kier molecular flexibility index (Phi) is 9.14. The molecule has 5 nitrogen and oxygen atoms in total. The van der Waals surface area contributed by atoms with Crippen LogP contribution < -0.4 is 14.7 Å². The summed E-state index contributed by atoms with van der Waals surface area (Å²) in [5.74, 6) is 0.863. The number of hydrogen-bond donors (Lipinski definition) is 0. The summed E-state index contributed by atoms with van der Waals surface area (Å²) in [6.45, 7) is 9.62. The van der Waals surface area contributed by atoms with Crippen LogP contribution in [0.25, 0.3) is 38.8 Å². The van der Waals surface area contributed by atoms with Gasteiger partial charge < -0.3 is 19.3 Å². The largest absolute Gasteiger partial charge is 2.00 e. The van der Waals surface area contributed by atoms with Crippen LogP contribution in [0.5, 0.6) is 0 Å². The molecule has 0 fully saturated rings. The van der Waals surface area contributed by atoms with E-state index in [4.69, 9.17) is 4.98 Å². The van der Waals surface area contributed by atoms with Crippen LogP contribution in [0.3, 0.4) is 0 Å². The standard InChI is InChI=1S/C47H39N5.Pt/c1-32(2)49-31-50(44-23-11-10-22-43(44)49)37-18-13-19-38(29-37)51(36-16-6-5-7-17-36)39-24-25-41-40-20-8-9-21-42(40)52(45(41)30-39)46-28-35(26-27-48-46)47-33(3)14-12-15-34(47)4;/h5-28,32H,31H2,1-4H3;/q-2;+2. The Morgan fingerprint density at radius 1 is 0.660 bits per heavy atom. The zero-order valence-corrected chi connectivity index (χ0v) is 32.5. The summed E-state index contributed by atoms with van der Waals surface area (Å²) in [5.41, 5.74) is 13.3. The molecule has 0 radical (unpaired) electrons. The number of nitrogens with zero attached hydrogens (tertiary/aromatic N) is 5. The second-order valence-corrected chi connectivity index (χ2v) is 13.8. The summed E-state index contributed by atoms with van der Waals surface area (Å²) in [7, 11) is 0. The number of pyridine rings is 1. The third kappa shape index (κ3) is 5.99. The maximum atomic E-state index is 4.96. The van der Waals surface area contributed by atoms with Crippen LogP contribution in [-0.4, -0.2) is 22.3 Å². The first-order valence-electron chi connectivity index (χ1n) is 18.0. The first kappa shape index (κ1) is 34.4. The second kappa shape index (κ2) is 14.1. The van der Waals surface area contributed by atoms with Crippen LogP contribution in [-0.2, 0) is 21.1 Å². The van der Waals surface area contributed by atoms with Crippen molar-refractivity contribution in [2.24, 2.45) is 0 Å². The molecule has 0 N–H and O–H groups in total. The van der Waals surface area contributed by atoms with Crippen molar-refractivity contribution in [2.45, 2.75) is 33.7 Å². The van der Waals surface area contributed by atoms with E-state index in [1.54, 1.807) is 0 Å². The Labute approximate surface area is 326 Å². The molecule has 262 valence electrons. The topological polar surface area (TPSA) is 27.5 Å². The van der Waals surface area contributed by atoms with Crippen LogP contribution in [0.2, 0.25) is 0 Å². The molecule has 0 amide bonds. The van der Waals surface area contributed by atoms with Gasteiger partial charge in [-0.2, -0.15) is 12.1 Å². The predicted octanol–water partition coefficient (Wildman–Crippen LogP) is 11.9. The molecule has 1 aliphatic rings. The molecule has 2 aromatic heterocycles. The Morgan fingerprint density at radius 3 is 2.15 bits per heavy atom. The molecule has 53 heavy (non-hydrogen) atoms. The van der Waals surface area contributed by atoms with Gasteiger partial charge in [0.15, 0.2) is 0 Å². The number of benzene rings is 6. The predicted molar refractivity (Wildman–Crippen MR) is 217 cm³/mol. The minimum atomic E-state index is 0. The van der Waals surface area contributed by atoms with Crippen molar-refractivity contribution in [1.82, 2.24) is 9.55 Å². The third-order valence-electron chi connectivity index (χ3n) is 10.3. The van der Waals surface area contributed by atoms with E-state index in [1.165, 1.54) is 33.5 Å². The number of fused-ring (bicyclic) bond motifs is 4. The molecule has 6 heteroatoms. The number of rotatable bonds is 7. The molecular formula is C47H39N5Pt. The molecule has 9 rings (SSSR count). The van der Waals surface area contributed by atoms with Gasteiger partial charge >= 0.3 is 21.1 Å². The molecule has 0 saturated carbocycles. The Hall–Kier alpha value is -5.64. The molecule has 0 bridgehead atoms. The molecule has 0 spiro atoms. The van der Waals surface area contributed by atoms with E-state index in [-0.39, 0.29) is 21.1 Å². The summed E-state index contributed by atoms with van der Waals surface area (Å²) >= 11 is 0. The fourth-order valence-electron chi connectivity index (χ4n) is 7.82. The van der Waals surface area contributed by atoms with Crippen molar-refractivity contribution >= 4 is 55.9 Å². The van der Waals surface area contributed by atoms with Crippen LogP contribution in [0, 0.1) is 26.0 Å². The van der Waals surface area contributed by atoms with E-state index in [0.29, 0.717) is 6.04 Å². The Morgan fingerprint density at radius 2 is 1.36 bits per heavy atom. The van der Waals surface area contributed by atoms with Crippen LogP contribution in [0.4, 0.5) is 34.1 Å². The van der Waals surface area contributed by atoms with E-state index < -0.39 is 0 Å². The normalized spacial score (nSPS) is 12.4. The van der Waals surface area contributed by atoms with Crippen molar-refractivity contribution in [3.63, 3.8) is 0 Å². The molecular weight excluding hydrogens is 830 g/mol. The number of hydrogen-bond acceptors (Lipinski definition) is 4. The maximum Gasteiger partial charge on any atom is 2.00 e. The van der Waals surface area contributed by atoms with Gasteiger partial charge in [-0.1, -0.05) is 89.3 Å². The number of aromatic nitrogens is 2. The molecule has 0 unspecified atom stereocenters. The van der Waals surface area contributed by atoms with E-state index >= 15 is 0 Å². The Balaban J connectivity index is 0.00000400. The number of anilines is 6. The fourth-order valence-corrected chi connectivity index (χ4v) is 7.82. The Bertz CT molecular complexity index is 2570. The quantitative estimate of drug-likeness (QED) is 0.149. The van der Waals surface area contributed by atoms with E-state index in [2.05, 4.69) is 199 Å². The van der Waals surface area contributed by atoms with E-state index in [9.17, 15) is 0 Å². The van der Waals surface area contributed by atoms with Crippen molar-refractivity contribution in [1.29, 1.82) is 0 Å². The van der Waals surface area contributed by atoms with Gasteiger partial charge in [0.25, 0.3) is 0 Å². The molecule has 6 aromatic carbocycles. The van der Waals surface area contributed by atoms with Gasteiger partial charge in [-0.25, -0.2) is 4.98 Å². The second-order valence-electron chi connectivity index (χ2n) is 13.8. The monoisotopic (exact) mass is 868 g/mol. The number of para-hydroxylation sites is 4. The third-order valence-corrected chi connectivity index (χ3v) is 10.3. The zero-order chi connectivity index (χ0) is 35.3. The number of aryl methyl sites for hydroxylation is 2. The molecule has 8 aromatic rings. The summed E-state index contributed by atoms with van der Waals surface area (Å²) in [4.78, 5) is 12.0. The van der Waals surface area contributed by atoms with Crippen LogP contribution in [0.1, 0.15) is 25.0 Å². The minimum Gasteiger partial charge on any atom is -0.358 e. The smallest absolute Gasteiger partial charge is 0.358 e. The average molecular weight is 869 g/mol. The van der Waals surface area contributed by atoms with Gasteiger partial charge in [-0.3, -0.25) is 0 Å². The zero-order valence-electron chi connectivity index (χ0n) is 30.2. The van der Waals surface area contributed by atoms with E-state index in [0.717, 1.165) is 57.2 Å². The average Bonchev–Trinajstić information content (AvgIpc) is 3.72. The van der Waals surface area contributed by atoms with Gasteiger partial charge in [-0.15, -0.1) is 35.7 Å². The van der Waals surface area contributed by atoms with Crippen molar-refractivity contribution in [3.8, 4) is 16.9 Å². The minimum absolute atomic E-state index is 0. The molecule has 0 aliphatic carbocycles. The maximum absolute atomic E-state index is 4.96. The first-order valence-corrected chi connectivity index (χ1v) is 18.0. The SMILES string of the molecule is Cc1cccc(C)c1-c1ccnc(-n2c3[c-]c(N(c4[c-]c(N5CN(C(C)C)c6ccccc65)ccc4)c4ccccc4)ccc3c3ccccc32)c1.[Pt+2]. The summed E-state index contributed by atoms with van der Waals surface area (Å²) in [5, 5.41) is 2.30. The summed E-state index contributed by atoms with van der Waals surface area (Å²) in [6.07, 6.45) is 1.93. The first-order chi connectivity index (χ1) is 25.5. The molecule has 0 saturated heterocycles. The van der Waals surface area contributed by atoms with Crippen molar-refractivity contribution < 1.29 is 21.1 Å². The van der Waals surface area contributed by atoms with Crippen molar-refractivity contribution in [3.05, 3.63) is 169 Å². The van der Waals surface area contributed by atoms with Gasteiger partial charge in [0.05, 0.1) is 18.0 Å². The van der Waals surface area contributed by atoms with Gasteiger partial charge in [-0.05, 0) is 97.8 Å². The van der Waals surface area contributed by atoms with E-state index in [1.807, 2.05) is 6.20 Å². The fraction of sp³-hybridized carbons (Fsp3) is 0.128. The summed E-state index contributed by atoms with van der Waals surface area (Å²) < 4.78 is 2.26. The molecule has 0 atom stereocenters. The van der Waals surface area contributed by atoms with Crippen molar-refractivity contribution in [2.75, 3.05) is 21.4 Å². The summed E-state index contributed by atoms with van der Waals surface area (Å²) in [6, 6.07) is 57.5. The molecule has 1 aliphatic heterocycles. The van der Waals surface area contributed by atoms with Crippen LogP contribution in [0.15, 0.2) is 146 Å². The van der Waals surface area contributed by atoms with Gasteiger partial charge in [0, 0.05) is 23.4 Å².